The normalized spacial score (nSPS) is 13.2. The van der Waals surface area contributed by atoms with Crippen molar-refractivity contribution < 1.29 is 12.8 Å². The third kappa shape index (κ3) is 8.01. The molecule has 1 aromatic heterocycles. The molecule has 132 valence electrons. The fourth-order valence-corrected chi connectivity index (χ4v) is 2.43. The molecule has 8 heteroatoms. The van der Waals surface area contributed by atoms with Gasteiger partial charge in [0, 0.05) is 24.8 Å². The molecule has 0 saturated carbocycles. The molecule has 1 heterocycles. The molecule has 2 N–H and O–H groups in total. The first kappa shape index (κ1) is 19.5. The van der Waals surface area contributed by atoms with Crippen LogP contribution in [0.2, 0.25) is 0 Å². The molecule has 1 rings (SSSR count). The number of rotatable bonds is 7. The SMILES string of the molecule is CCNC(=NCc1ncc(C(C)(C)C)o1)NCCCS(C)(=O)=O. The lowest BCUT2D eigenvalue weighted by Gasteiger charge is -2.13. The minimum Gasteiger partial charge on any atom is -0.443 e. The number of guanidine groups is 1. The van der Waals surface area contributed by atoms with E-state index >= 15 is 0 Å². The number of aromatic nitrogens is 1. The third-order valence-corrected chi connectivity index (χ3v) is 4.02. The van der Waals surface area contributed by atoms with Crippen molar-refractivity contribution >= 4 is 15.8 Å². The smallest absolute Gasteiger partial charge is 0.216 e. The topological polar surface area (TPSA) is 96.6 Å². The minimum absolute atomic E-state index is 0.0800. The monoisotopic (exact) mass is 344 g/mol. The third-order valence-electron chi connectivity index (χ3n) is 2.99. The molecule has 0 aliphatic carbocycles. The van der Waals surface area contributed by atoms with Crippen LogP contribution in [0.5, 0.6) is 0 Å². The molecular weight excluding hydrogens is 316 g/mol. The molecule has 0 saturated heterocycles. The van der Waals surface area contributed by atoms with Gasteiger partial charge >= 0.3 is 0 Å². The first-order valence-corrected chi connectivity index (χ1v) is 9.83. The number of hydrogen-bond acceptors (Lipinski definition) is 5. The maximum absolute atomic E-state index is 11.1. The van der Waals surface area contributed by atoms with E-state index < -0.39 is 9.84 Å². The molecule has 0 aliphatic heterocycles. The summed E-state index contributed by atoms with van der Waals surface area (Å²) in [6.07, 6.45) is 3.51. The number of nitrogens with one attached hydrogen (secondary N) is 2. The highest BCUT2D eigenvalue weighted by Crippen LogP contribution is 2.22. The zero-order valence-electron chi connectivity index (χ0n) is 14.6. The van der Waals surface area contributed by atoms with Crippen LogP contribution in [0.3, 0.4) is 0 Å². The van der Waals surface area contributed by atoms with Crippen molar-refractivity contribution in [3.05, 3.63) is 17.8 Å². The summed E-state index contributed by atoms with van der Waals surface area (Å²) in [5.74, 6) is 2.17. The number of hydrogen-bond donors (Lipinski definition) is 2. The Hall–Kier alpha value is -1.57. The van der Waals surface area contributed by atoms with Gasteiger partial charge in [0.25, 0.3) is 0 Å². The molecule has 0 fully saturated rings. The quantitative estimate of drug-likeness (QED) is 0.442. The van der Waals surface area contributed by atoms with E-state index in [1.165, 1.54) is 6.26 Å². The first-order valence-electron chi connectivity index (χ1n) is 7.77. The summed E-state index contributed by atoms with van der Waals surface area (Å²) >= 11 is 0. The molecule has 0 spiro atoms. The van der Waals surface area contributed by atoms with Crippen molar-refractivity contribution in [1.29, 1.82) is 0 Å². The summed E-state index contributed by atoms with van der Waals surface area (Å²) in [5, 5.41) is 6.21. The van der Waals surface area contributed by atoms with Crippen LogP contribution in [0.4, 0.5) is 0 Å². The van der Waals surface area contributed by atoms with Crippen LogP contribution in [-0.4, -0.2) is 44.5 Å². The van der Waals surface area contributed by atoms with Gasteiger partial charge in [0.1, 0.15) is 22.1 Å². The Kier molecular flexibility index (Phi) is 7.05. The molecule has 23 heavy (non-hydrogen) atoms. The predicted molar refractivity (Wildman–Crippen MR) is 92.3 cm³/mol. The van der Waals surface area contributed by atoms with Gasteiger partial charge in [-0.2, -0.15) is 0 Å². The predicted octanol–water partition coefficient (Wildman–Crippen LogP) is 1.46. The maximum atomic E-state index is 11.1. The zero-order valence-corrected chi connectivity index (χ0v) is 15.5. The van der Waals surface area contributed by atoms with Gasteiger partial charge in [-0.1, -0.05) is 20.8 Å². The van der Waals surface area contributed by atoms with E-state index in [1.54, 1.807) is 6.20 Å². The van der Waals surface area contributed by atoms with E-state index in [1.807, 2.05) is 6.92 Å². The molecule has 0 aliphatic rings. The van der Waals surface area contributed by atoms with E-state index in [0.717, 1.165) is 12.3 Å². The van der Waals surface area contributed by atoms with Gasteiger partial charge in [0.2, 0.25) is 5.89 Å². The van der Waals surface area contributed by atoms with Gasteiger partial charge in [0.05, 0.1) is 11.9 Å². The van der Waals surface area contributed by atoms with E-state index in [0.29, 0.717) is 31.4 Å². The lowest BCUT2D eigenvalue weighted by molar-refractivity contribution is 0.383. The first-order chi connectivity index (χ1) is 10.6. The second-order valence-corrected chi connectivity index (χ2v) is 8.73. The fourth-order valence-electron chi connectivity index (χ4n) is 1.76. The second kappa shape index (κ2) is 8.33. The highest BCUT2D eigenvalue weighted by atomic mass is 32.2. The molecule has 0 amide bonds. The molecular formula is C15H28N4O3S. The second-order valence-electron chi connectivity index (χ2n) is 6.47. The van der Waals surface area contributed by atoms with Gasteiger partial charge in [-0.15, -0.1) is 0 Å². The number of oxazole rings is 1. The van der Waals surface area contributed by atoms with Crippen molar-refractivity contribution in [2.45, 2.75) is 46.1 Å². The standard InChI is InChI=1S/C15H28N4O3S/c1-6-16-14(17-8-7-9-23(5,20)21)19-11-13-18-10-12(22-13)15(2,3)4/h10H,6-9,11H2,1-5H3,(H2,16,17,19). The number of nitrogens with zero attached hydrogens (tertiary/aromatic N) is 2. The Balaban J connectivity index is 2.56. The van der Waals surface area contributed by atoms with Gasteiger partial charge in [-0.25, -0.2) is 18.4 Å². The summed E-state index contributed by atoms with van der Waals surface area (Å²) in [6.45, 7) is 9.75. The highest BCUT2D eigenvalue weighted by molar-refractivity contribution is 7.90. The average molecular weight is 344 g/mol. The summed E-state index contributed by atoms with van der Waals surface area (Å²) in [6, 6.07) is 0. The van der Waals surface area contributed by atoms with Crippen LogP contribution < -0.4 is 10.6 Å². The summed E-state index contributed by atoms with van der Waals surface area (Å²) in [7, 11) is -2.93. The van der Waals surface area contributed by atoms with Crippen molar-refractivity contribution in [2.24, 2.45) is 4.99 Å². The van der Waals surface area contributed by atoms with E-state index in [9.17, 15) is 8.42 Å². The van der Waals surface area contributed by atoms with Crippen LogP contribution in [0.25, 0.3) is 0 Å². The van der Waals surface area contributed by atoms with Crippen molar-refractivity contribution in [3.8, 4) is 0 Å². The van der Waals surface area contributed by atoms with Gasteiger partial charge in [-0.3, -0.25) is 0 Å². The van der Waals surface area contributed by atoms with E-state index in [4.69, 9.17) is 4.42 Å². The van der Waals surface area contributed by atoms with Crippen molar-refractivity contribution in [3.63, 3.8) is 0 Å². The van der Waals surface area contributed by atoms with Crippen LogP contribution in [0.15, 0.2) is 15.6 Å². The Morgan fingerprint density at radius 1 is 1.35 bits per heavy atom. The molecule has 0 unspecified atom stereocenters. The van der Waals surface area contributed by atoms with Crippen LogP contribution >= 0.6 is 0 Å². The van der Waals surface area contributed by atoms with Gasteiger partial charge < -0.3 is 15.1 Å². The van der Waals surface area contributed by atoms with Gasteiger partial charge in [0.15, 0.2) is 5.96 Å². The van der Waals surface area contributed by atoms with E-state index in [-0.39, 0.29) is 11.2 Å². The molecule has 0 atom stereocenters. The highest BCUT2D eigenvalue weighted by Gasteiger charge is 2.18. The molecule has 7 nitrogen and oxygen atoms in total. The van der Waals surface area contributed by atoms with Crippen LogP contribution in [0.1, 0.15) is 45.8 Å². The van der Waals surface area contributed by atoms with Crippen molar-refractivity contribution in [2.75, 3.05) is 25.1 Å². The number of sulfone groups is 1. The lowest BCUT2D eigenvalue weighted by Crippen LogP contribution is -2.38. The number of aliphatic imine (C=N–C) groups is 1. The largest absolute Gasteiger partial charge is 0.443 e. The van der Waals surface area contributed by atoms with E-state index in [2.05, 4.69) is 41.4 Å². The average Bonchev–Trinajstić information content (AvgIpc) is 2.88. The molecule has 0 radical (unpaired) electrons. The van der Waals surface area contributed by atoms with Crippen molar-refractivity contribution in [1.82, 2.24) is 15.6 Å². The summed E-state index contributed by atoms with van der Waals surface area (Å²) in [5.41, 5.74) is -0.0800. The van der Waals surface area contributed by atoms with Gasteiger partial charge in [-0.05, 0) is 13.3 Å². The molecule has 1 aromatic rings. The maximum Gasteiger partial charge on any atom is 0.216 e. The zero-order chi connectivity index (χ0) is 17.5. The Morgan fingerprint density at radius 2 is 2.04 bits per heavy atom. The summed E-state index contributed by atoms with van der Waals surface area (Å²) in [4.78, 5) is 8.64. The Morgan fingerprint density at radius 3 is 2.57 bits per heavy atom. The molecule has 0 bridgehead atoms. The van der Waals surface area contributed by atoms with Crippen LogP contribution in [0, 0.1) is 0 Å². The minimum atomic E-state index is -2.93. The fraction of sp³-hybridized carbons (Fsp3) is 0.733. The molecule has 0 aromatic carbocycles. The summed E-state index contributed by atoms with van der Waals surface area (Å²) < 4.78 is 27.9. The Bertz CT molecular complexity index is 615. The van der Waals surface area contributed by atoms with Crippen LogP contribution in [-0.2, 0) is 21.8 Å². The lowest BCUT2D eigenvalue weighted by atomic mass is 9.94. The Labute approximate surface area is 138 Å².